The van der Waals surface area contributed by atoms with Crippen molar-refractivity contribution in [1.29, 1.82) is 0 Å². The molecule has 2 aromatic rings. The SMILES string of the molecule is CCc1cnc(CNc2ccc(C(=O)N(C)C)nn2)o1. The van der Waals surface area contributed by atoms with Gasteiger partial charge < -0.3 is 14.6 Å². The van der Waals surface area contributed by atoms with Gasteiger partial charge >= 0.3 is 0 Å². The molecule has 0 saturated heterocycles. The highest BCUT2D eigenvalue weighted by molar-refractivity contribution is 5.91. The van der Waals surface area contributed by atoms with E-state index in [1.54, 1.807) is 32.4 Å². The molecule has 0 radical (unpaired) electrons. The maximum Gasteiger partial charge on any atom is 0.273 e. The standard InChI is InChI=1S/C13H17N5O2/c1-4-9-7-15-12(20-9)8-14-11-6-5-10(16-17-11)13(19)18(2)3/h5-7H,4,8H2,1-3H3,(H,14,17). The second-order valence-electron chi connectivity index (χ2n) is 4.43. The van der Waals surface area contributed by atoms with Crippen LogP contribution in [0.2, 0.25) is 0 Å². The number of hydrogen-bond acceptors (Lipinski definition) is 6. The summed E-state index contributed by atoms with van der Waals surface area (Å²) < 4.78 is 5.47. The van der Waals surface area contributed by atoms with E-state index in [9.17, 15) is 4.79 Å². The number of amides is 1. The van der Waals surface area contributed by atoms with Crippen LogP contribution < -0.4 is 5.32 Å². The van der Waals surface area contributed by atoms with Gasteiger partial charge in [-0.3, -0.25) is 4.79 Å². The first-order valence-corrected chi connectivity index (χ1v) is 6.33. The van der Waals surface area contributed by atoms with Crippen molar-refractivity contribution in [3.8, 4) is 0 Å². The molecule has 2 heterocycles. The minimum atomic E-state index is -0.177. The number of rotatable bonds is 5. The van der Waals surface area contributed by atoms with Crippen molar-refractivity contribution in [1.82, 2.24) is 20.1 Å². The fourth-order valence-corrected chi connectivity index (χ4v) is 1.53. The van der Waals surface area contributed by atoms with E-state index >= 15 is 0 Å². The van der Waals surface area contributed by atoms with Crippen LogP contribution in [0.1, 0.15) is 29.1 Å². The second kappa shape index (κ2) is 6.14. The van der Waals surface area contributed by atoms with Gasteiger partial charge in [-0.1, -0.05) is 6.92 Å². The number of aryl methyl sites for hydroxylation is 1. The molecule has 0 unspecified atom stereocenters. The van der Waals surface area contributed by atoms with Crippen LogP contribution in [-0.4, -0.2) is 40.1 Å². The number of oxazole rings is 1. The van der Waals surface area contributed by atoms with Gasteiger partial charge in [0.15, 0.2) is 5.69 Å². The van der Waals surface area contributed by atoms with Gasteiger partial charge in [-0.15, -0.1) is 10.2 Å². The molecule has 20 heavy (non-hydrogen) atoms. The average molecular weight is 275 g/mol. The molecule has 7 nitrogen and oxygen atoms in total. The Labute approximate surface area is 117 Å². The summed E-state index contributed by atoms with van der Waals surface area (Å²) in [6.07, 6.45) is 2.52. The van der Waals surface area contributed by atoms with E-state index in [0.29, 0.717) is 23.9 Å². The lowest BCUT2D eigenvalue weighted by Gasteiger charge is -2.09. The first kappa shape index (κ1) is 14.0. The van der Waals surface area contributed by atoms with Gasteiger partial charge in [-0.05, 0) is 12.1 Å². The molecule has 0 aliphatic heterocycles. The van der Waals surface area contributed by atoms with Gasteiger partial charge in [0.25, 0.3) is 5.91 Å². The molecule has 0 spiro atoms. The molecule has 0 saturated carbocycles. The fraction of sp³-hybridized carbons (Fsp3) is 0.385. The summed E-state index contributed by atoms with van der Waals surface area (Å²) in [6.45, 7) is 2.43. The minimum absolute atomic E-state index is 0.177. The molecule has 0 aromatic carbocycles. The molecule has 0 aliphatic rings. The van der Waals surface area contributed by atoms with Gasteiger partial charge in [-0.25, -0.2) is 4.98 Å². The Hall–Kier alpha value is -2.44. The van der Waals surface area contributed by atoms with E-state index in [-0.39, 0.29) is 5.91 Å². The third-order valence-corrected chi connectivity index (χ3v) is 2.66. The van der Waals surface area contributed by atoms with E-state index in [0.717, 1.165) is 12.2 Å². The number of anilines is 1. The van der Waals surface area contributed by atoms with Crippen molar-refractivity contribution in [2.75, 3.05) is 19.4 Å². The lowest BCUT2D eigenvalue weighted by Crippen LogP contribution is -2.23. The minimum Gasteiger partial charge on any atom is -0.444 e. The highest BCUT2D eigenvalue weighted by atomic mass is 16.4. The topological polar surface area (TPSA) is 84.2 Å². The van der Waals surface area contributed by atoms with E-state index in [4.69, 9.17) is 4.42 Å². The van der Waals surface area contributed by atoms with Gasteiger partial charge in [0.1, 0.15) is 11.6 Å². The molecule has 0 fully saturated rings. The van der Waals surface area contributed by atoms with E-state index in [1.165, 1.54) is 4.90 Å². The number of nitrogens with one attached hydrogen (secondary N) is 1. The van der Waals surface area contributed by atoms with Crippen LogP contribution in [-0.2, 0) is 13.0 Å². The van der Waals surface area contributed by atoms with Gasteiger partial charge in [-0.2, -0.15) is 0 Å². The number of aromatic nitrogens is 3. The summed E-state index contributed by atoms with van der Waals surface area (Å²) in [4.78, 5) is 17.2. The van der Waals surface area contributed by atoms with Gasteiger partial charge in [0, 0.05) is 20.5 Å². The molecule has 0 bridgehead atoms. The molecule has 106 valence electrons. The normalized spacial score (nSPS) is 10.3. The highest BCUT2D eigenvalue weighted by Crippen LogP contribution is 2.08. The Morgan fingerprint density at radius 1 is 1.35 bits per heavy atom. The van der Waals surface area contributed by atoms with Crippen LogP contribution in [0.4, 0.5) is 5.82 Å². The predicted octanol–water partition coefficient (Wildman–Crippen LogP) is 1.34. The first-order chi connectivity index (χ1) is 9.60. The second-order valence-corrected chi connectivity index (χ2v) is 4.43. The zero-order chi connectivity index (χ0) is 14.5. The predicted molar refractivity (Wildman–Crippen MR) is 73.3 cm³/mol. The molecule has 0 aliphatic carbocycles. The summed E-state index contributed by atoms with van der Waals surface area (Å²) in [5.74, 6) is 1.83. The molecule has 1 N–H and O–H groups in total. The summed E-state index contributed by atoms with van der Waals surface area (Å²) in [5.41, 5.74) is 0.310. The van der Waals surface area contributed by atoms with Crippen molar-refractivity contribution in [2.24, 2.45) is 0 Å². The van der Waals surface area contributed by atoms with E-state index in [2.05, 4.69) is 20.5 Å². The molecular weight excluding hydrogens is 258 g/mol. The molecule has 2 aromatic heterocycles. The summed E-state index contributed by atoms with van der Waals surface area (Å²) >= 11 is 0. The number of carbonyl (C=O) groups is 1. The maximum atomic E-state index is 11.6. The summed E-state index contributed by atoms with van der Waals surface area (Å²) in [6, 6.07) is 3.33. The quantitative estimate of drug-likeness (QED) is 0.886. The van der Waals surface area contributed by atoms with Crippen LogP contribution in [0, 0.1) is 0 Å². The Morgan fingerprint density at radius 3 is 2.70 bits per heavy atom. The Balaban J connectivity index is 1.95. The lowest BCUT2D eigenvalue weighted by molar-refractivity contribution is 0.0821. The number of hydrogen-bond donors (Lipinski definition) is 1. The maximum absolute atomic E-state index is 11.6. The summed E-state index contributed by atoms with van der Waals surface area (Å²) in [7, 11) is 3.34. The fourth-order valence-electron chi connectivity index (χ4n) is 1.53. The molecule has 0 atom stereocenters. The third-order valence-electron chi connectivity index (χ3n) is 2.66. The van der Waals surface area contributed by atoms with Crippen molar-refractivity contribution >= 4 is 11.7 Å². The Kier molecular flexibility index (Phi) is 4.29. The van der Waals surface area contributed by atoms with Gasteiger partial charge in [0.05, 0.1) is 12.7 Å². The van der Waals surface area contributed by atoms with Crippen LogP contribution in [0.15, 0.2) is 22.7 Å². The van der Waals surface area contributed by atoms with Crippen molar-refractivity contribution < 1.29 is 9.21 Å². The number of carbonyl (C=O) groups excluding carboxylic acids is 1. The van der Waals surface area contributed by atoms with E-state index < -0.39 is 0 Å². The zero-order valence-corrected chi connectivity index (χ0v) is 11.8. The Bertz CT molecular complexity index is 577. The average Bonchev–Trinajstić information content (AvgIpc) is 2.93. The highest BCUT2D eigenvalue weighted by Gasteiger charge is 2.10. The molecule has 7 heteroatoms. The van der Waals surface area contributed by atoms with Crippen molar-refractivity contribution in [3.63, 3.8) is 0 Å². The summed E-state index contributed by atoms with van der Waals surface area (Å²) in [5, 5.41) is 10.9. The Morgan fingerprint density at radius 2 is 2.15 bits per heavy atom. The van der Waals surface area contributed by atoms with E-state index in [1.807, 2.05) is 6.92 Å². The first-order valence-electron chi connectivity index (χ1n) is 6.33. The smallest absolute Gasteiger partial charge is 0.273 e. The van der Waals surface area contributed by atoms with Crippen LogP contribution in [0.5, 0.6) is 0 Å². The largest absolute Gasteiger partial charge is 0.444 e. The van der Waals surface area contributed by atoms with Gasteiger partial charge in [0.2, 0.25) is 5.89 Å². The number of nitrogens with zero attached hydrogens (tertiary/aromatic N) is 4. The van der Waals surface area contributed by atoms with Crippen LogP contribution >= 0.6 is 0 Å². The lowest BCUT2D eigenvalue weighted by atomic mass is 10.3. The molecule has 2 rings (SSSR count). The molecular formula is C13H17N5O2. The van der Waals surface area contributed by atoms with Crippen molar-refractivity contribution in [2.45, 2.75) is 19.9 Å². The molecule has 1 amide bonds. The van der Waals surface area contributed by atoms with Crippen LogP contribution in [0.25, 0.3) is 0 Å². The third kappa shape index (κ3) is 3.31. The zero-order valence-electron chi connectivity index (χ0n) is 11.8. The monoisotopic (exact) mass is 275 g/mol. The van der Waals surface area contributed by atoms with Crippen LogP contribution in [0.3, 0.4) is 0 Å². The van der Waals surface area contributed by atoms with Crippen molar-refractivity contribution in [3.05, 3.63) is 35.7 Å².